The molecule has 2 nitrogen and oxygen atoms in total. The zero-order valence-corrected chi connectivity index (χ0v) is 34.8. The molecule has 0 unspecified atom stereocenters. The third-order valence-electron chi connectivity index (χ3n) is 13.3. The summed E-state index contributed by atoms with van der Waals surface area (Å²) >= 11 is 0. The summed E-state index contributed by atoms with van der Waals surface area (Å²) in [4.78, 5) is 0. The second kappa shape index (κ2) is 13.7. The molecule has 3 aliphatic rings. The molecule has 0 saturated heterocycles. The van der Waals surface area contributed by atoms with Gasteiger partial charge in [0.25, 0.3) is 0 Å². The lowest BCUT2D eigenvalue weighted by molar-refractivity contribution is 0.660. The quantitative estimate of drug-likeness (QED) is 0.182. The number of fused-ring (bicyclic) bond motifs is 9. The van der Waals surface area contributed by atoms with Gasteiger partial charge in [0.2, 0.25) is 0 Å². The molecular formula is C57H50N2. The second-order valence-corrected chi connectivity index (χ2v) is 18.0. The van der Waals surface area contributed by atoms with E-state index in [4.69, 9.17) is 0 Å². The summed E-state index contributed by atoms with van der Waals surface area (Å²) in [6, 6.07) is 65.9. The average Bonchev–Trinajstić information content (AvgIpc) is 3.74. The first kappa shape index (κ1) is 36.7. The largest absolute Gasteiger partial charge is 0.356 e. The van der Waals surface area contributed by atoms with Crippen molar-refractivity contribution < 1.29 is 0 Å². The molecule has 2 N–H and O–H groups in total. The highest BCUT2D eigenvalue weighted by molar-refractivity contribution is 5.86. The predicted molar refractivity (Wildman–Crippen MR) is 250 cm³/mol. The number of rotatable bonds is 5. The summed E-state index contributed by atoms with van der Waals surface area (Å²) < 4.78 is 0. The summed E-state index contributed by atoms with van der Waals surface area (Å²) in [6.07, 6.45) is 0. The van der Waals surface area contributed by atoms with Crippen molar-refractivity contribution in [3.8, 4) is 44.5 Å². The zero-order valence-electron chi connectivity index (χ0n) is 34.8. The number of hydrogen-bond acceptors (Lipinski definition) is 2. The van der Waals surface area contributed by atoms with Crippen molar-refractivity contribution in [1.29, 1.82) is 0 Å². The van der Waals surface area contributed by atoms with E-state index in [0.29, 0.717) is 0 Å². The number of nitrogens with one attached hydrogen (secondary N) is 2. The van der Waals surface area contributed by atoms with Crippen LogP contribution in [0.5, 0.6) is 0 Å². The first-order chi connectivity index (χ1) is 28.5. The fourth-order valence-corrected chi connectivity index (χ4v) is 10.1. The molecule has 0 aromatic heterocycles. The van der Waals surface area contributed by atoms with Gasteiger partial charge in [-0.3, -0.25) is 0 Å². The van der Waals surface area contributed by atoms with Crippen molar-refractivity contribution in [2.24, 2.45) is 0 Å². The second-order valence-electron chi connectivity index (χ2n) is 18.0. The number of anilines is 4. The molecule has 2 heteroatoms. The Hall–Kier alpha value is -6.64. The van der Waals surface area contributed by atoms with E-state index in [-0.39, 0.29) is 16.2 Å². The summed E-state index contributed by atoms with van der Waals surface area (Å²) in [6.45, 7) is 14.0. The van der Waals surface area contributed by atoms with Gasteiger partial charge >= 0.3 is 0 Å². The molecule has 0 amide bonds. The van der Waals surface area contributed by atoms with Gasteiger partial charge in [0.15, 0.2) is 0 Å². The third-order valence-corrected chi connectivity index (χ3v) is 13.3. The topological polar surface area (TPSA) is 24.1 Å². The van der Waals surface area contributed by atoms with E-state index in [0.717, 1.165) is 22.7 Å². The van der Waals surface area contributed by atoms with Crippen LogP contribution in [0, 0.1) is 0 Å². The van der Waals surface area contributed by atoms with Crippen LogP contribution in [0.2, 0.25) is 0 Å². The molecule has 0 radical (unpaired) electrons. The molecule has 0 saturated carbocycles. The molecule has 0 atom stereocenters. The van der Waals surface area contributed by atoms with E-state index in [2.05, 4.69) is 228 Å². The average molecular weight is 763 g/mol. The van der Waals surface area contributed by atoms with E-state index in [1.807, 2.05) is 6.07 Å². The van der Waals surface area contributed by atoms with Crippen molar-refractivity contribution in [3.05, 3.63) is 215 Å². The molecule has 3 aliphatic carbocycles. The highest BCUT2D eigenvalue weighted by Gasteiger charge is 2.37. The Morgan fingerprint density at radius 3 is 0.932 bits per heavy atom. The van der Waals surface area contributed by atoms with Crippen LogP contribution in [-0.2, 0) is 16.2 Å². The lowest BCUT2D eigenvalue weighted by atomic mass is 9.82. The summed E-state index contributed by atoms with van der Waals surface area (Å²) in [5.41, 5.74) is 23.7. The van der Waals surface area contributed by atoms with Gasteiger partial charge < -0.3 is 10.6 Å². The SMILES string of the molecule is CC1(C)c2ccccc2-c2ccc(Nc3ccc(-c4ccccc4)cc3)cc21.CC1(C)c2ccccc2-c2ccc(Nc3ccc4c(c3)C(C)(C)c3ccccc3-4)cc21. The van der Waals surface area contributed by atoms with Crippen LogP contribution in [0.1, 0.15) is 74.9 Å². The molecule has 59 heavy (non-hydrogen) atoms. The van der Waals surface area contributed by atoms with E-state index in [1.54, 1.807) is 0 Å². The lowest BCUT2D eigenvalue weighted by Gasteiger charge is -2.23. The van der Waals surface area contributed by atoms with Crippen LogP contribution in [0.25, 0.3) is 44.5 Å². The Morgan fingerprint density at radius 2 is 0.542 bits per heavy atom. The van der Waals surface area contributed by atoms with Gasteiger partial charge in [-0.1, -0.05) is 175 Å². The predicted octanol–water partition coefficient (Wildman–Crippen LogP) is 15.4. The fourth-order valence-electron chi connectivity index (χ4n) is 10.1. The third kappa shape index (κ3) is 6.09. The van der Waals surface area contributed by atoms with Crippen LogP contribution in [0.15, 0.2) is 182 Å². The van der Waals surface area contributed by atoms with E-state index < -0.39 is 0 Å². The summed E-state index contributed by atoms with van der Waals surface area (Å²) in [7, 11) is 0. The maximum Gasteiger partial charge on any atom is 0.0387 e. The van der Waals surface area contributed by atoms with Gasteiger partial charge in [-0.15, -0.1) is 0 Å². The van der Waals surface area contributed by atoms with Gasteiger partial charge in [-0.05, 0) is 126 Å². The maximum absolute atomic E-state index is 3.69. The van der Waals surface area contributed by atoms with Crippen LogP contribution in [0.3, 0.4) is 0 Å². The highest BCUT2D eigenvalue weighted by Crippen LogP contribution is 2.52. The van der Waals surface area contributed by atoms with E-state index in [9.17, 15) is 0 Å². The Kier molecular flexibility index (Phi) is 8.54. The number of hydrogen-bond donors (Lipinski definition) is 2. The molecule has 0 spiro atoms. The highest BCUT2D eigenvalue weighted by atomic mass is 14.9. The van der Waals surface area contributed by atoms with Crippen molar-refractivity contribution in [1.82, 2.24) is 0 Å². The van der Waals surface area contributed by atoms with E-state index >= 15 is 0 Å². The van der Waals surface area contributed by atoms with Crippen molar-refractivity contribution >= 4 is 22.7 Å². The fraction of sp³-hybridized carbons (Fsp3) is 0.158. The molecule has 8 aromatic carbocycles. The molecule has 288 valence electrons. The molecular weight excluding hydrogens is 713 g/mol. The maximum atomic E-state index is 3.69. The van der Waals surface area contributed by atoms with Gasteiger partial charge in [0.1, 0.15) is 0 Å². The van der Waals surface area contributed by atoms with Gasteiger partial charge in [0, 0.05) is 39.0 Å². The normalized spacial score (nSPS) is 15.0. The minimum Gasteiger partial charge on any atom is -0.356 e. The number of benzene rings is 8. The molecule has 0 heterocycles. The Labute approximate surface area is 349 Å². The minimum absolute atomic E-state index is 0.0190. The van der Waals surface area contributed by atoms with Crippen LogP contribution in [0.4, 0.5) is 22.7 Å². The smallest absolute Gasteiger partial charge is 0.0387 e. The Balaban J connectivity index is 0.000000143. The van der Waals surface area contributed by atoms with Gasteiger partial charge in [-0.25, -0.2) is 0 Å². The molecule has 8 aromatic rings. The zero-order chi connectivity index (χ0) is 40.5. The van der Waals surface area contributed by atoms with Crippen molar-refractivity contribution in [3.63, 3.8) is 0 Å². The van der Waals surface area contributed by atoms with Gasteiger partial charge in [-0.2, -0.15) is 0 Å². The van der Waals surface area contributed by atoms with Crippen LogP contribution in [-0.4, -0.2) is 0 Å². The van der Waals surface area contributed by atoms with Crippen molar-refractivity contribution in [2.75, 3.05) is 10.6 Å². The summed E-state index contributed by atoms with van der Waals surface area (Å²) in [5.74, 6) is 0. The van der Waals surface area contributed by atoms with E-state index in [1.165, 1.54) is 77.9 Å². The summed E-state index contributed by atoms with van der Waals surface area (Å²) in [5, 5.41) is 7.27. The Morgan fingerprint density at radius 1 is 0.254 bits per heavy atom. The minimum atomic E-state index is 0.0190. The molecule has 0 aliphatic heterocycles. The molecule has 0 fully saturated rings. The monoisotopic (exact) mass is 762 g/mol. The molecule has 0 bridgehead atoms. The van der Waals surface area contributed by atoms with Crippen molar-refractivity contribution in [2.45, 2.75) is 57.8 Å². The lowest BCUT2D eigenvalue weighted by Crippen LogP contribution is -2.15. The molecule has 11 rings (SSSR count). The van der Waals surface area contributed by atoms with Crippen LogP contribution >= 0.6 is 0 Å². The first-order valence-electron chi connectivity index (χ1n) is 20.9. The standard InChI is InChI=1S/C30H27N.C27H23N/c1-29(2)25-11-7-5-9-21(25)23-15-13-19(17-27(23)29)31-20-14-16-24-22-10-6-8-12-26(22)30(3,4)28(24)18-20;1-27(2)25-11-7-6-10-23(25)24-17-16-22(18-26(24)27)28-21-14-12-20(13-15-21)19-8-4-3-5-9-19/h5-18,31H,1-4H3;3-18,28H,1-2H3. The first-order valence-corrected chi connectivity index (χ1v) is 20.9. The van der Waals surface area contributed by atoms with Crippen LogP contribution < -0.4 is 10.6 Å². The van der Waals surface area contributed by atoms with Gasteiger partial charge in [0.05, 0.1) is 0 Å². The Bertz CT molecular complexity index is 2790.